The van der Waals surface area contributed by atoms with Crippen LogP contribution in [0, 0.1) is 0 Å². The number of rotatable bonds is 9. The molecule has 1 amide bonds. The van der Waals surface area contributed by atoms with Gasteiger partial charge in [-0.1, -0.05) is 6.07 Å². The van der Waals surface area contributed by atoms with Crippen LogP contribution in [0.5, 0.6) is 11.5 Å². The Balaban J connectivity index is 1.45. The second kappa shape index (κ2) is 9.99. The van der Waals surface area contributed by atoms with Crippen molar-refractivity contribution in [1.82, 2.24) is 0 Å². The summed E-state index contributed by atoms with van der Waals surface area (Å²) in [6.07, 6.45) is 3.58. The Morgan fingerprint density at radius 3 is 2.50 bits per heavy atom. The summed E-state index contributed by atoms with van der Waals surface area (Å²) in [6, 6.07) is 13.5. The molecular formula is C22H28N2O4. The lowest BCUT2D eigenvalue weighted by atomic mass is 10.1. The third kappa shape index (κ3) is 5.63. The molecule has 150 valence electrons. The molecule has 0 aliphatic carbocycles. The summed E-state index contributed by atoms with van der Waals surface area (Å²) < 4.78 is 16.1. The van der Waals surface area contributed by atoms with E-state index in [0.29, 0.717) is 30.4 Å². The number of anilines is 2. The van der Waals surface area contributed by atoms with Crippen molar-refractivity contribution in [2.24, 2.45) is 0 Å². The van der Waals surface area contributed by atoms with Gasteiger partial charge in [0.2, 0.25) is 5.91 Å². The van der Waals surface area contributed by atoms with Crippen molar-refractivity contribution in [2.75, 3.05) is 38.0 Å². The van der Waals surface area contributed by atoms with Gasteiger partial charge in [0.05, 0.1) is 20.3 Å². The van der Waals surface area contributed by atoms with E-state index < -0.39 is 0 Å². The maximum atomic E-state index is 12.2. The van der Waals surface area contributed by atoms with Crippen LogP contribution in [0.4, 0.5) is 11.4 Å². The molecule has 1 saturated heterocycles. The molecule has 28 heavy (non-hydrogen) atoms. The number of carbonyl (C=O) groups is 1. The third-order valence-corrected chi connectivity index (χ3v) is 4.82. The molecule has 1 heterocycles. The predicted octanol–water partition coefficient (Wildman–Crippen LogP) is 3.87. The first kappa shape index (κ1) is 20.0. The molecule has 2 aromatic carbocycles. The topological polar surface area (TPSA) is 68.8 Å². The minimum absolute atomic E-state index is 0.0187. The van der Waals surface area contributed by atoms with Crippen LogP contribution in [-0.4, -0.2) is 39.4 Å². The van der Waals surface area contributed by atoms with Crippen LogP contribution in [0.15, 0.2) is 42.5 Å². The minimum atomic E-state index is -0.0187. The standard InChI is InChI=1S/C22H28N2O4/c1-26-20-11-5-16(14-21(20)27-2)6-12-22(25)24-18-9-7-17(8-10-18)23-15-19-4-3-13-28-19/h5,7-11,14,19,23H,3-4,6,12-13,15H2,1-2H3,(H,24,25). The molecule has 0 radical (unpaired) electrons. The molecule has 1 unspecified atom stereocenters. The highest BCUT2D eigenvalue weighted by Crippen LogP contribution is 2.28. The van der Waals surface area contributed by atoms with E-state index in [9.17, 15) is 4.79 Å². The summed E-state index contributed by atoms with van der Waals surface area (Å²) in [5, 5.41) is 6.31. The van der Waals surface area contributed by atoms with Crippen molar-refractivity contribution in [3.05, 3.63) is 48.0 Å². The summed E-state index contributed by atoms with van der Waals surface area (Å²) in [5.74, 6) is 1.34. The number of aryl methyl sites for hydroxylation is 1. The average Bonchev–Trinajstić information content (AvgIpc) is 3.25. The van der Waals surface area contributed by atoms with Gasteiger partial charge < -0.3 is 24.8 Å². The lowest BCUT2D eigenvalue weighted by molar-refractivity contribution is -0.116. The summed E-state index contributed by atoms with van der Waals surface area (Å²) in [7, 11) is 3.21. The Hall–Kier alpha value is -2.73. The molecule has 0 saturated carbocycles. The number of hydrogen-bond acceptors (Lipinski definition) is 5. The van der Waals surface area contributed by atoms with Crippen LogP contribution >= 0.6 is 0 Å². The van der Waals surface area contributed by atoms with Gasteiger partial charge in [-0.2, -0.15) is 0 Å². The monoisotopic (exact) mass is 384 g/mol. The minimum Gasteiger partial charge on any atom is -0.493 e. The van der Waals surface area contributed by atoms with E-state index in [2.05, 4.69) is 10.6 Å². The second-order valence-electron chi connectivity index (χ2n) is 6.83. The van der Waals surface area contributed by atoms with E-state index in [1.54, 1.807) is 14.2 Å². The van der Waals surface area contributed by atoms with Crippen LogP contribution in [0.3, 0.4) is 0 Å². The molecular weight excluding hydrogens is 356 g/mol. The number of amides is 1. The number of ether oxygens (including phenoxy) is 3. The molecule has 1 aliphatic rings. The van der Waals surface area contributed by atoms with Crippen molar-refractivity contribution < 1.29 is 19.0 Å². The number of nitrogens with one attached hydrogen (secondary N) is 2. The fourth-order valence-corrected chi connectivity index (χ4v) is 3.23. The lowest BCUT2D eigenvalue weighted by Gasteiger charge is -2.12. The number of benzene rings is 2. The summed E-state index contributed by atoms with van der Waals surface area (Å²) >= 11 is 0. The van der Waals surface area contributed by atoms with Gasteiger partial charge in [-0.25, -0.2) is 0 Å². The van der Waals surface area contributed by atoms with Crippen molar-refractivity contribution in [3.63, 3.8) is 0 Å². The lowest BCUT2D eigenvalue weighted by Crippen LogP contribution is -2.18. The maximum Gasteiger partial charge on any atom is 0.224 e. The number of carbonyl (C=O) groups excluding carboxylic acids is 1. The second-order valence-corrected chi connectivity index (χ2v) is 6.83. The van der Waals surface area contributed by atoms with E-state index in [0.717, 1.165) is 42.9 Å². The van der Waals surface area contributed by atoms with Crippen molar-refractivity contribution in [3.8, 4) is 11.5 Å². The Bertz CT molecular complexity index is 771. The van der Waals surface area contributed by atoms with Gasteiger partial charge in [-0.05, 0) is 61.2 Å². The third-order valence-electron chi connectivity index (χ3n) is 4.82. The molecule has 1 atom stereocenters. The summed E-state index contributed by atoms with van der Waals surface area (Å²) in [6.45, 7) is 1.68. The Labute approximate surface area is 166 Å². The molecule has 6 nitrogen and oxygen atoms in total. The molecule has 0 spiro atoms. The highest BCUT2D eigenvalue weighted by atomic mass is 16.5. The molecule has 3 rings (SSSR count). The largest absolute Gasteiger partial charge is 0.493 e. The van der Waals surface area contributed by atoms with Gasteiger partial charge in [0.25, 0.3) is 0 Å². The number of hydrogen-bond donors (Lipinski definition) is 2. The first-order valence-electron chi connectivity index (χ1n) is 9.64. The fraction of sp³-hybridized carbons (Fsp3) is 0.409. The smallest absolute Gasteiger partial charge is 0.224 e. The molecule has 0 bridgehead atoms. The zero-order valence-electron chi connectivity index (χ0n) is 16.5. The van der Waals surface area contributed by atoms with Crippen molar-refractivity contribution in [2.45, 2.75) is 31.8 Å². The molecule has 2 N–H and O–H groups in total. The summed E-state index contributed by atoms with van der Waals surface area (Å²) in [5.41, 5.74) is 2.85. The first-order valence-corrected chi connectivity index (χ1v) is 9.64. The first-order chi connectivity index (χ1) is 13.7. The van der Waals surface area contributed by atoms with Gasteiger partial charge in [0, 0.05) is 30.9 Å². The van der Waals surface area contributed by atoms with E-state index in [4.69, 9.17) is 14.2 Å². The molecule has 0 aromatic heterocycles. The Morgan fingerprint density at radius 2 is 1.82 bits per heavy atom. The van der Waals surface area contributed by atoms with Gasteiger partial charge in [-0.3, -0.25) is 4.79 Å². The van der Waals surface area contributed by atoms with Gasteiger partial charge in [0.1, 0.15) is 0 Å². The van der Waals surface area contributed by atoms with Crippen molar-refractivity contribution in [1.29, 1.82) is 0 Å². The Morgan fingerprint density at radius 1 is 1.07 bits per heavy atom. The van der Waals surface area contributed by atoms with Crippen molar-refractivity contribution >= 4 is 17.3 Å². The van der Waals surface area contributed by atoms with Crippen LogP contribution < -0.4 is 20.1 Å². The van der Waals surface area contributed by atoms with E-state index >= 15 is 0 Å². The fourth-order valence-electron chi connectivity index (χ4n) is 3.23. The maximum absolute atomic E-state index is 12.2. The highest BCUT2D eigenvalue weighted by molar-refractivity contribution is 5.91. The zero-order valence-corrected chi connectivity index (χ0v) is 16.5. The van der Waals surface area contributed by atoms with E-state index in [1.165, 1.54) is 0 Å². The van der Waals surface area contributed by atoms with Crippen LogP contribution in [0.2, 0.25) is 0 Å². The van der Waals surface area contributed by atoms with Gasteiger partial charge in [0.15, 0.2) is 11.5 Å². The van der Waals surface area contributed by atoms with E-state index in [1.807, 2.05) is 42.5 Å². The SMILES string of the molecule is COc1ccc(CCC(=O)Nc2ccc(NCC3CCCO3)cc2)cc1OC. The van der Waals surface area contributed by atoms with Crippen LogP contribution in [-0.2, 0) is 16.0 Å². The summed E-state index contributed by atoms with van der Waals surface area (Å²) in [4.78, 5) is 12.2. The zero-order chi connectivity index (χ0) is 19.8. The Kier molecular flexibility index (Phi) is 7.14. The predicted molar refractivity (Wildman–Crippen MR) is 110 cm³/mol. The highest BCUT2D eigenvalue weighted by Gasteiger charge is 2.14. The average molecular weight is 384 g/mol. The van der Waals surface area contributed by atoms with Gasteiger partial charge in [-0.15, -0.1) is 0 Å². The molecule has 2 aromatic rings. The van der Waals surface area contributed by atoms with Crippen LogP contribution in [0.1, 0.15) is 24.8 Å². The molecule has 6 heteroatoms. The quantitative estimate of drug-likeness (QED) is 0.687. The van der Waals surface area contributed by atoms with Crippen LogP contribution in [0.25, 0.3) is 0 Å². The van der Waals surface area contributed by atoms with Gasteiger partial charge >= 0.3 is 0 Å². The molecule has 1 fully saturated rings. The normalized spacial score (nSPS) is 15.9. The number of methoxy groups -OCH3 is 2. The molecule has 1 aliphatic heterocycles. The van der Waals surface area contributed by atoms with E-state index in [-0.39, 0.29) is 5.91 Å².